The van der Waals surface area contributed by atoms with Gasteiger partial charge in [-0.05, 0) is 24.3 Å². The molecule has 33 heavy (non-hydrogen) atoms. The second-order valence-electron chi connectivity index (χ2n) is 8.26. The van der Waals surface area contributed by atoms with E-state index in [-0.39, 0.29) is 28.4 Å². The maximum atomic E-state index is 12.1. The smallest absolute Gasteiger partial charge is 0.269 e. The summed E-state index contributed by atoms with van der Waals surface area (Å²) in [6.07, 6.45) is 3.33. The highest BCUT2D eigenvalue weighted by Gasteiger charge is 2.61. The van der Waals surface area contributed by atoms with E-state index in [1.807, 2.05) is 42.0 Å². The average Bonchev–Trinajstić information content (AvgIpc) is 3.66. The zero-order valence-electron chi connectivity index (χ0n) is 17.8. The molecule has 3 N–H and O–H groups in total. The van der Waals surface area contributed by atoms with Crippen molar-refractivity contribution in [3.63, 3.8) is 0 Å². The van der Waals surface area contributed by atoms with Crippen LogP contribution in [0.15, 0.2) is 65.5 Å². The van der Waals surface area contributed by atoms with Crippen LogP contribution in [0.25, 0.3) is 0 Å². The largest absolute Gasteiger partial charge is 0.365 e. The number of nitro groups is 1. The number of non-ortho nitro benzene ring substituents is 1. The van der Waals surface area contributed by atoms with Gasteiger partial charge in [-0.2, -0.15) is 15.1 Å². The van der Waals surface area contributed by atoms with Crippen LogP contribution in [0, 0.1) is 51.0 Å². The number of hydrogen-bond donors (Lipinski definition) is 3. The molecule has 0 unspecified atom stereocenters. The lowest BCUT2D eigenvalue weighted by Crippen LogP contribution is -2.66. The molecule has 0 bridgehead atoms. The third-order valence-corrected chi connectivity index (χ3v) is 6.34. The van der Waals surface area contributed by atoms with Gasteiger partial charge >= 0.3 is 0 Å². The number of aliphatic hydroxyl groups is 1. The van der Waals surface area contributed by atoms with Gasteiger partial charge in [0.25, 0.3) is 5.69 Å². The first-order valence-electron chi connectivity index (χ1n) is 10.4. The van der Waals surface area contributed by atoms with E-state index in [9.17, 15) is 25.7 Å². The Morgan fingerprint density at radius 3 is 2.48 bits per heavy atom. The Balaban J connectivity index is 2.04. The molecule has 3 atom stereocenters. The van der Waals surface area contributed by atoms with Gasteiger partial charge in [0.1, 0.15) is 11.6 Å². The van der Waals surface area contributed by atoms with Crippen LogP contribution in [0.2, 0.25) is 0 Å². The Morgan fingerprint density at radius 1 is 1.27 bits per heavy atom. The van der Waals surface area contributed by atoms with Gasteiger partial charge in [0, 0.05) is 37.1 Å². The molecule has 0 amide bonds. The van der Waals surface area contributed by atoms with Crippen LogP contribution in [0.4, 0.5) is 5.69 Å². The molecule has 9 heteroatoms. The maximum absolute atomic E-state index is 12.1. The quantitative estimate of drug-likeness (QED) is 0.213. The summed E-state index contributed by atoms with van der Waals surface area (Å²) in [6, 6.07) is 14.8. The Bertz CT molecular complexity index is 1290. The van der Waals surface area contributed by atoms with Crippen LogP contribution < -0.4 is 9.88 Å². The lowest BCUT2D eigenvalue weighted by molar-refractivity contribution is -0.747. The number of pyridine rings is 1. The summed E-state index contributed by atoms with van der Waals surface area (Å²) in [5.41, 5.74) is -0.157. The molecular formula is C24H21N6O3+. The highest BCUT2D eigenvalue weighted by Crippen LogP contribution is 2.52. The van der Waals surface area contributed by atoms with Crippen molar-refractivity contribution in [2.24, 2.45) is 5.92 Å². The Hall–Kier alpha value is -4.30. The molecule has 2 heterocycles. The van der Waals surface area contributed by atoms with Crippen molar-refractivity contribution in [3.8, 4) is 12.1 Å². The molecule has 1 aromatic heterocycles. The number of nitrogens with zero attached hydrogens (tertiary/aromatic N) is 4. The van der Waals surface area contributed by atoms with E-state index in [1.54, 1.807) is 12.1 Å². The predicted molar refractivity (Wildman–Crippen MR) is 117 cm³/mol. The first kappa shape index (κ1) is 21.9. The van der Waals surface area contributed by atoms with Crippen molar-refractivity contribution in [1.82, 2.24) is 5.32 Å². The summed E-state index contributed by atoms with van der Waals surface area (Å²) >= 11 is 0. The molecule has 1 saturated carbocycles. The second-order valence-corrected chi connectivity index (χ2v) is 8.26. The number of aryl methyl sites for hydroxylation is 1. The predicted octanol–water partition coefficient (Wildman–Crippen LogP) is 2.69. The first-order valence-corrected chi connectivity index (χ1v) is 10.4. The molecule has 9 nitrogen and oxygen atoms in total. The summed E-state index contributed by atoms with van der Waals surface area (Å²) in [7, 11) is 0. The zero-order chi connectivity index (χ0) is 23.8. The van der Waals surface area contributed by atoms with Gasteiger partial charge in [-0.15, -0.1) is 0 Å². The Morgan fingerprint density at radius 2 is 1.97 bits per heavy atom. The van der Waals surface area contributed by atoms with Crippen LogP contribution >= 0.6 is 0 Å². The molecule has 0 spiro atoms. The molecule has 164 valence electrons. The fraction of sp³-hybridized carbons (Fsp3) is 0.292. The topological polar surface area (TPSA) is 151 Å². The van der Waals surface area contributed by atoms with Gasteiger partial charge in [-0.3, -0.25) is 15.5 Å². The van der Waals surface area contributed by atoms with Crippen molar-refractivity contribution in [3.05, 3.63) is 86.9 Å². The van der Waals surface area contributed by atoms with E-state index in [1.165, 1.54) is 12.1 Å². The van der Waals surface area contributed by atoms with Gasteiger partial charge < -0.3 is 10.4 Å². The standard InChI is InChI=1S/C24H21N6O3/c1-15-4-2-3-11-29(15)23-21(16-5-9-19(10-6-16)30(32)33)20(14-27)22(17(12-25)13-26)28-24(23,31)18-7-8-18/h2-6,9-11,18,21,23,25,28,31H,7-8H2,1H3/q+1/t21-,23-,24-/m0/s1. The van der Waals surface area contributed by atoms with Gasteiger partial charge in [-0.1, -0.05) is 18.2 Å². The monoisotopic (exact) mass is 441 g/mol. The van der Waals surface area contributed by atoms with E-state index >= 15 is 0 Å². The number of rotatable bonds is 5. The average molecular weight is 441 g/mol. The minimum Gasteiger partial charge on any atom is -0.365 e. The van der Waals surface area contributed by atoms with Crippen molar-refractivity contribution in [1.29, 1.82) is 15.9 Å². The van der Waals surface area contributed by atoms with Crippen LogP contribution in [0.1, 0.15) is 36.1 Å². The summed E-state index contributed by atoms with van der Waals surface area (Å²) < 4.78 is 1.89. The fourth-order valence-corrected chi connectivity index (χ4v) is 4.62. The summed E-state index contributed by atoms with van der Waals surface area (Å²) in [5.74, 6) is 1.19. The second kappa shape index (κ2) is 8.33. The highest BCUT2D eigenvalue weighted by molar-refractivity contribution is 5.71. The molecule has 2 aliphatic rings. The van der Waals surface area contributed by atoms with Crippen LogP contribution in [0.3, 0.4) is 0 Å². The van der Waals surface area contributed by atoms with Crippen molar-refractivity contribution < 1.29 is 14.6 Å². The third-order valence-electron chi connectivity index (χ3n) is 6.34. The van der Waals surface area contributed by atoms with E-state index in [0.29, 0.717) is 5.56 Å². The van der Waals surface area contributed by atoms with Gasteiger partial charge in [0.2, 0.25) is 11.8 Å². The number of aromatic nitrogens is 1. The van der Waals surface area contributed by atoms with Crippen LogP contribution in [-0.2, 0) is 0 Å². The Labute approximate surface area is 190 Å². The van der Waals surface area contributed by atoms with Crippen LogP contribution in [0.5, 0.6) is 0 Å². The van der Waals surface area contributed by atoms with Crippen molar-refractivity contribution >= 4 is 11.6 Å². The minimum atomic E-state index is -1.53. The third kappa shape index (κ3) is 3.66. The normalized spacial score (nSPS) is 24.1. The lowest BCUT2D eigenvalue weighted by Gasteiger charge is -2.43. The summed E-state index contributed by atoms with van der Waals surface area (Å²) in [5, 5.41) is 53.6. The van der Waals surface area contributed by atoms with Gasteiger partial charge in [-0.25, -0.2) is 0 Å². The Kier molecular flexibility index (Phi) is 5.53. The molecule has 1 aliphatic heterocycles. The maximum Gasteiger partial charge on any atom is 0.269 e. The number of benzene rings is 1. The minimum absolute atomic E-state index is 0.0678. The molecule has 1 aliphatic carbocycles. The molecule has 0 saturated heterocycles. The number of hydrogen-bond acceptors (Lipinski definition) is 7. The van der Waals surface area contributed by atoms with Crippen molar-refractivity contribution in [2.75, 3.05) is 0 Å². The number of nitriles is 2. The molecule has 1 aromatic carbocycles. The summed E-state index contributed by atoms with van der Waals surface area (Å²) in [4.78, 5) is 10.7. The molecule has 4 rings (SSSR count). The zero-order valence-corrected chi connectivity index (χ0v) is 17.8. The van der Waals surface area contributed by atoms with Gasteiger partial charge in [0.05, 0.1) is 28.2 Å². The van der Waals surface area contributed by atoms with E-state index in [4.69, 9.17) is 5.41 Å². The molecule has 1 fully saturated rings. The highest BCUT2D eigenvalue weighted by atomic mass is 16.6. The molecular weight excluding hydrogens is 420 g/mol. The van der Waals surface area contributed by atoms with Gasteiger partial charge in [0.15, 0.2) is 11.9 Å². The number of nitro benzene ring substituents is 1. The van der Waals surface area contributed by atoms with E-state index < -0.39 is 22.6 Å². The first-order chi connectivity index (χ1) is 15.8. The molecule has 2 aromatic rings. The van der Waals surface area contributed by atoms with E-state index in [2.05, 4.69) is 17.3 Å². The number of allylic oxidation sites excluding steroid dienone is 2. The lowest BCUT2D eigenvalue weighted by atomic mass is 9.73. The van der Waals surface area contributed by atoms with Crippen molar-refractivity contribution in [2.45, 2.75) is 37.5 Å². The molecule has 0 radical (unpaired) electrons. The van der Waals surface area contributed by atoms with Crippen LogP contribution in [-0.4, -0.2) is 21.6 Å². The number of nitrogens with one attached hydrogen (secondary N) is 2. The SMILES string of the molecule is Cc1cccc[n+]1[C@H]1[C@@H](c2ccc([N+](=O)[O-])cc2)C(C#N)=C(C(=C=N)C#N)N[C@]1(O)C1CC1. The fourth-order valence-electron chi connectivity index (χ4n) is 4.62. The summed E-state index contributed by atoms with van der Waals surface area (Å²) in [6.45, 7) is 1.89. The van der Waals surface area contributed by atoms with E-state index in [0.717, 1.165) is 18.5 Å².